The maximum Gasteiger partial charge on any atom is 0.255 e. The van der Waals surface area contributed by atoms with Crippen molar-refractivity contribution in [2.75, 3.05) is 10.7 Å². The number of nitrogens with one attached hydrogen (secondary N) is 2. The molecule has 0 saturated heterocycles. The Morgan fingerprint density at radius 2 is 1.90 bits per heavy atom. The summed E-state index contributed by atoms with van der Waals surface area (Å²) in [4.78, 5) is 12.2. The van der Waals surface area contributed by atoms with Gasteiger partial charge in [0.05, 0.1) is 5.02 Å². The van der Waals surface area contributed by atoms with Gasteiger partial charge in [0.1, 0.15) is 0 Å². The topological polar surface area (TPSA) is 67.1 Å². The number of nitrogens with two attached hydrogens (primary N) is 1. The molecule has 2 aromatic carbocycles. The van der Waals surface area contributed by atoms with Gasteiger partial charge in [-0.2, -0.15) is 0 Å². The van der Waals surface area contributed by atoms with Crippen LogP contribution in [0, 0.1) is 6.92 Å². The molecule has 0 atom stereocenters. The first-order chi connectivity index (χ1) is 9.51. The average Bonchev–Trinajstić information content (AvgIpc) is 2.42. The Bertz CT molecular complexity index is 661. The van der Waals surface area contributed by atoms with Gasteiger partial charge in [0.25, 0.3) is 5.91 Å². The van der Waals surface area contributed by atoms with E-state index in [0.717, 1.165) is 15.7 Å². The van der Waals surface area contributed by atoms with Crippen LogP contribution in [0.25, 0.3) is 0 Å². The lowest BCUT2D eigenvalue weighted by molar-refractivity contribution is 0.102. The number of carbonyl (C=O) groups is 1. The second kappa shape index (κ2) is 6.26. The molecule has 0 bridgehead atoms. The molecule has 20 heavy (non-hydrogen) atoms. The van der Waals surface area contributed by atoms with Crippen LogP contribution in [-0.4, -0.2) is 5.91 Å². The predicted octanol–water partition coefficient (Wildman–Crippen LogP) is 3.95. The van der Waals surface area contributed by atoms with Crippen LogP contribution in [0.4, 0.5) is 11.4 Å². The van der Waals surface area contributed by atoms with Gasteiger partial charge in [-0.05, 0) is 64.8 Å². The van der Waals surface area contributed by atoms with Gasteiger partial charge in [0.2, 0.25) is 0 Å². The summed E-state index contributed by atoms with van der Waals surface area (Å²) in [5, 5.41) is 3.35. The lowest BCUT2D eigenvalue weighted by atomic mass is 10.1. The molecule has 104 valence electrons. The smallest absolute Gasteiger partial charge is 0.255 e. The van der Waals surface area contributed by atoms with Crippen molar-refractivity contribution >= 4 is 44.8 Å². The van der Waals surface area contributed by atoms with Crippen molar-refractivity contribution in [3.63, 3.8) is 0 Å². The standard InChI is InChI=1S/C14H13BrClN3O/c1-8-6-10(19-17)2-4-11(8)14(20)18-9-3-5-12(15)13(16)7-9/h2-7,19H,17H2,1H3,(H,18,20). The number of halogens is 2. The monoisotopic (exact) mass is 353 g/mol. The van der Waals surface area contributed by atoms with Gasteiger partial charge in [-0.25, -0.2) is 0 Å². The predicted molar refractivity (Wildman–Crippen MR) is 86.1 cm³/mol. The number of hydrogen-bond acceptors (Lipinski definition) is 3. The third kappa shape index (κ3) is 3.30. The van der Waals surface area contributed by atoms with Gasteiger partial charge in [0, 0.05) is 21.4 Å². The molecule has 0 heterocycles. The van der Waals surface area contributed by atoms with Crippen LogP contribution in [0.3, 0.4) is 0 Å². The quantitative estimate of drug-likeness (QED) is 0.577. The van der Waals surface area contributed by atoms with Crippen LogP contribution in [0.2, 0.25) is 5.02 Å². The van der Waals surface area contributed by atoms with E-state index in [-0.39, 0.29) is 5.91 Å². The first-order valence-corrected chi connectivity index (χ1v) is 7.02. The highest BCUT2D eigenvalue weighted by atomic mass is 79.9. The van der Waals surface area contributed by atoms with Crippen molar-refractivity contribution in [3.8, 4) is 0 Å². The molecule has 2 rings (SSSR count). The Morgan fingerprint density at radius 3 is 2.50 bits per heavy atom. The van der Waals surface area contributed by atoms with Crippen LogP contribution in [0.5, 0.6) is 0 Å². The lowest BCUT2D eigenvalue weighted by Crippen LogP contribution is -2.14. The minimum absolute atomic E-state index is 0.190. The summed E-state index contributed by atoms with van der Waals surface area (Å²) >= 11 is 9.30. The number of benzene rings is 2. The lowest BCUT2D eigenvalue weighted by Gasteiger charge is -2.10. The number of hydrazine groups is 1. The van der Waals surface area contributed by atoms with Crippen molar-refractivity contribution in [2.24, 2.45) is 5.84 Å². The zero-order valence-electron chi connectivity index (χ0n) is 10.7. The SMILES string of the molecule is Cc1cc(NN)ccc1C(=O)Nc1ccc(Br)c(Cl)c1. The van der Waals surface area contributed by atoms with E-state index in [1.165, 1.54) is 0 Å². The number of rotatable bonds is 3. The van der Waals surface area contributed by atoms with Gasteiger partial charge in [0.15, 0.2) is 0 Å². The normalized spacial score (nSPS) is 10.2. The highest BCUT2D eigenvalue weighted by molar-refractivity contribution is 9.10. The molecule has 4 nitrogen and oxygen atoms in total. The van der Waals surface area contributed by atoms with Crippen LogP contribution in [-0.2, 0) is 0 Å². The molecule has 1 amide bonds. The van der Waals surface area contributed by atoms with Crippen LogP contribution in [0.15, 0.2) is 40.9 Å². The first-order valence-electron chi connectivity index (χ1n) is 5.85. The maximum absolute atomic E-state index is 12.2. The van der Waals surface area contributed by atoms with E-state index >= 15 is 0 Å². The summed E-state index contributed by atoms with van der Waals surface area (Å²) < 4.78 is 0.784. The Morgan fingerprint density at radius 1 is 1.20 bits per heavy atom. The van der Waals surface area contributed by atoms with E-state index in [0.29, 0.717) is 16.3 Å². The first kappa shape index (κ1) is 14.8. The third-order valence-electron chi connectivity index (χ3n) is 2.82. The molecule has 0 aliphatic rings. The van der Waals surface area contributed by atoms with E-state index in [1.54, 1.807) is 30.3 Å². The summed E-state index contributed by atoms with van der Waals surface area (Å²) in [6.07, 6.45) is 0. The Labute approximate surface area is 130 Å². The molecule has 0 radical (unpaired) electrons. The van der Waals surface area contributed by atoms with Crippen molar-refractivity contribution in [3.05, 3.63) is 57.0 Å². The average molecular weight is 355 g/mol. The molecule has 4 N–H and O–H groups in total. The van der Waals surface area contributed by atoms with E-state index < -0.39 is 0 Å². The van der Waals surface area contributed by atoms with E-state index in [1.807, 2.05) is 13.0 Å². The molecule has 0 aromatic heterocycles. The largest absolute Gasteiger partial charge is 0.324 e. The molecule has 0 unspecified atom stereocenters. The number of nitrogen functional groups attached to an aromatic ring is 1. The zero-order valence-corrected chi connectivity index (χ0v) is 13.0. The summed E-state index contributed by atoms with van der Waals surface area (Å²) in [6, 6.07) is 10.5. The molecule has 0 fully saturated rings. The highest BCUT2D eigenvalue weighted by Gasteiger charge is 2.10. The minimum atomic E-state index is -0.190. The molecule has 0 aliphatic heterocycles. The van der Waals surface area contributed by atoms with Crippen molar-refractivity contribution in [1.29, 1.82) is 0 Å². The Hall–Kier alpha value is -1.56. The van der Waals surface area contributed by atoms with E-state index in [2.05, 4.69) is 26.7 Å². The van der Waals surface area contributed by atoms with E-state index in [4.69, 9.17) is 17.4 Å². The van der Waals surface area contributed by atoms with Crippen molar-refractivity contribution < 1.29 is 4.79 Å². The van der Waals surface area contributed by atoms with Gasteiger partial charge in [-0.3, -0.25) is 10.6 Å². The van der Waals surface area contributed by atoms with Gasteiger partial charge >= 0.3 is 0 Å². The molecular formula is C14H13BrClN3O. The Balaban J connectivity index is 2.21. The maximum atomic E-state index is 12.2. The van der Waals surface area contributed by atoms with Gasteiger partial charge < -0.3 is 10.7 Å². The summed E-state index contributed by atoms with van der Waals surface area (Å²) in [5.41, 5.74) is 5.36. The summed E-state index contributed by atoms with van der Waals surface area (Å²) in [6.45, 7) is 1.85. The highest BCUT2D eigenvalue weighted by Crippen LogP contribution is 2.26. The number of carbonyl (C=O) groups excluding carboxylic acids is 1. The molecule has 0 spiro atoms. The second-order valence-electron chi connectivity index (χ2n) is 4.26. The minimum Gasteiger partial charge on any atom is -0.324 e. The molecule has 2 aromatic rings. The third-order valence-corrected chi connectivity index (χ3v) is 4.05. The fourth-order valence-electron chi connectivity index (χ4n) is 1.78. The molecule has 0 aliphatic carbocycles. The number of amides is 1. The van der Waals surface area contributed by atoms with Crippen LogP contribution >= 0.6 is 27.5 Å². The summed E-state index contributed by atoms with van der Waals surface area (Å²) in [7, 11) is 0. The molecule has 6 heteroatoms. The van der Waals surface area contributed by atoms with E-state index in [9.17, 15) is 4.79 Å². The van der Waals surface area contributed by atoms with Crippen LogP contribution < -0.4 is 16.6 Å². The zero-order chi connectivity index (χ0) is 14.7. The van der Waals surface area contributed by atoms with Gasteiger partial charge in [-0.1, -0.05) is 11.6 Å². The fourth-order valence-corrected chi connectivity index (χ4v) is 2.21. The second-order valence-corrected chi connectivity index (χ2v) is 5.52. The number of aryl methyl sites for hydroxylation is 1. The summed E-state index contributed by atoms with van der Waals surface area (Å²) in [5.74, 6) is 5.14. The van der Waals surface area contributed by atoms with Crippen LogP contribution in [0.1, 0.15) is 15.9 Å². The van der Waals surface area contributed by atoms with Gasteiger partial charge in [-0.15, -0.1) is 0 Å². The van der Waals surface area contributed by atoms with Crippen molar-refractivity contribution in [1.82, 2.24) is 0 Å². The Kier molecular flexibility index (Phi) is 4.65. The molecular weight excluding hydrogens is 342 g/mol. The van der Waals surface area contributed by atoms with Crippen molar-refractivity contribution in [2.45, 2.75) is 6.92 Å². The number of hydrogen-bond donors (Lipinski definition) is 3. The number of anilines is 2. The molecule has 0 saturated carbocycles. The fraction of sp³-hybridized carbons (Fsp3) is 0.0714.